The van der Waals surface area contributed by atoms with Crippen LogP contribution in [0.1, 0.15) is 6.23 Å². The van der Waals surface area contributed by atoms with Gasteiger partial charge in [0.2, 0.25) is 0 Å². The fraction of sp³-hybridized carbons (Fsp3) is 0.556. The topological polar surface area (TPSA) is 171 Å². The maximum atomic E-state index is 11.6. The first-order chi connectivity index (χ1) is 9.69. The number of aromatic nitrogens is 2. The second-order valence-corrected chi connectivity index (χ2v) is 5.59. The number of aromatic amines is 1. The van der Waals surface area contributed by atoms with Gasteiger partial charge in [-0.3, -0.25) is 18.9 Å². The van der Waals surface area contributed by atoms with Crippen molar-refractivity contribution in [3.63, 3.8) is 0 Å². The Morgan fingerprint density at radius 1 is 1.26 bits per heavy atom. The first-order valence-corrected chi connectivity index (χ1v) is 7.25. The van der Waals surface area contributed by atoms with E-state index in [9.17, 15) is 24.4 Å². The van der Waals surface area contributed by atoms with Gasteiger partial charge in [0.15, 0.2) is 6.23 Å². The number of phosphoric acid groups is 1. The van der Waals surface area contributed by atoms with Gasteiger partial charge in [-0.25, -0.2) is 9.36 Å². The fourth-order valence-electron chi connectivity index (χ4n) is 1.89. The van der Waals surface area contributed by atoms with E-state index in [1.807, 2.05) is 4.98 Å². The SMILES string of the molecule is O=c1ccn(C2OC(COP(=O)(O)O)C(O)C2O)c(=O)[nH]1.[Na].[Na]. The van der Waals surface area contributed by atoms with Crippen molar-refractivity contribution in [3.05, 3.63) is 33.1 Å². The van der Waals surface area contributed by atoms with Crippen LogP contribution in [0.15, 0.2) is 21.9 Å². The van der Waals surface area contributed by atoms with E-state index in [4.69, 9.17) is 14.5 Å². The minimum absolute atomic E-state index is 0. The van der Waals surface area contributed by atoms with E-state index in [-0.39, 0.29) is 59.1 Å². The van der Waals surface area contributed by atoms with Crippen molar-refractivity contribution in [1.29, 1.82) is 0 Å². The van der Waals surface area contributed by atoms with Gasteiger partial charge in [0.25, 0.3) is 5.56 Å². The zero-order valence-corrected chi connectivity index (χ0v) is 17.3. The van der Waals surface area contributed by atoms with Crippen LogP contribution in [0.3, 0.4) is 0 Å². The van der Waals surface area contributed by atoms with Crippen LogP contribution in [0.4, 0.5) is 0 Å². The Morgan fingerprint density at radius 3 is 2.39 bits per heavy atom. The molecular weight excluding hydrogens is 357 g/mol. The Morgan fingerprint density at radius 2 is 1.87 bits per heavy atom. The van der Waals surface area contributed by atoms with E-state index in [0.717, 1.165) is 16.8 Å². The number of phosphoric ester groups is 1. The summed E-state index contributed by atoms with van der Waals surface area (Å²) in [6, 6.07) is 1.02. The largest absolute Gasteiger partial charge is 0.469 e. The molecule has 1 aliphatic rings. The molecule has 14 heteroatoms. The van der Waals surface area contributed by atoms with Gasteiger partial charge >= 0.3 is 13.5 Å². The van der Waals surface area contributed by atoms with E-state index in [1.54, 1.807) is 0 Å². The summed E-state index contributed by atoms with van der Waals surface area (Å²) in [5.41, 5.74) is -1.51. The van der Waals surface area contributed by atoms with E-state index in [0.29, 0.717) is 0 Å². The molecule has 0 bridgehead atoms. The molecular formula is C9H13N2Na2O9P. The number of nitrogens with zero attached hydrogens (tertiary/aromatic N) is 1. The van der Waals surface area contributed by atoms with E-state index < -0.39 is 50.2 Å². The van der Waals surface area contributed by atoms with Gasteiger partial charge in [0.1, 0.15) is 18.3 Å². The van der Waals surface area contributed by atoms with Crippen LogP contribution in [0, 0.1) is 0 Å². The number of H-pyrrole nitrogens is 1. The number of rotatable bonds is 4. The Bertz CT molecular complexity index is 673. The molecule has 1 aromatic heterocycles. The summed E-state index contributed by atoms with van der Waals surface area (Å²) in [6.07, 6.45) is -4.58. The van der Waals surface area contributed by atoms with Crippen LogP contribution < -0.4 is 11.2 Å². The third-order valence-electron chi connectivity index (χ3n) is 2.87. The van der Waals surface area contributed by atoms with Gasteiger partial charge in [-0.05, 0) is 0 Å². The number of hydrogen-bond acceptors (Lipinski definition) is 7. The second-order valence-electron chi connectivity index (χ2n) is 4.35. The maximum Gasteiger partial charge on any atom is 0.469 e. The third-order valence-corrected chi connectivity index (χ3v) is 3.35. The van der Waals surface area contributed by atoms with Crippen LogP contribution in [-0.2, 0) is 13.8 Å². The molecule has 1 aliphatic heterocycles. The summed E-state index contributed by atoms with van der Waals surface area (Å²) in [5.74, 6) is 0. The van der Waals surface area contributed by atoms with Crippen LogP contribution in [0.25, 0.3) is 0 Å². The molecule has 2 radical (unpaired) electrons. The normalized spacial score (nSPS) is 27.1. The third kappa shape index (κ3) is 6.15. The van der Waals surface area contributed by atoms with Gasteiger partial charge in [-0.2, -0.15) is 0 Å². The first-order valence-electron chi connectivity index (χ1n) is 5.72. The van der Waals surface area contributed by atoms with Crippen molar-refractivity contribution in [2.75, 3.05) is 6.61 Å². The van der Waals surface area contributed by atoms with Gasteiger partial charge in [0.05, 0.1) is 6.61 Å². The fourth-order valence-corrected chi connectivity index (χ4v) is 2.24. The average Bonchev–Trinajstić information content (AvgIpc) is 2.64. The standard InChI is InChI=1S/C9H13N2O9P.2Na/c12-5-1-2-11(9(15)10-5)8-7(14)6(13)4(20-8)3-19-21(16,17)18;;/h1-2,4,6-8,13-14H,3H2,(H,10,12,15)(H2,16,17,18);;. The summed E-state index contributed by atoms with van der Waals surface area (Å²) < 4.78 is 20.8. The number of hydrogen-bond donors (Lipinski definition) is 5. The predicted molar refractivity (Wildman–Crippen MR) is 76.8 cm³/mol. The van der Waals surface area contributed by atoms with Crippen LogP contribution >= 0.6 is 7.82 Å². The van der Waals surface area contributed by atoms with Gasteiger partial charge in [0, 0.05) is 71.4 Å². The van der Waals surface area contributed by atoms with Gasteiger partial charge in [-0.15, -0.1) is 0 Å². The maximum absolute atomic E-state index is 11.6. The zero-order chi connectivity index (χ0) is 15.8. The second kappa shape index (κ2) is 9.39. The van der Waals surface area contributed by atoms with Crippen LogP contribution in [0.2, 0.25) is 0 Å². The molecule has 4 unspecified atom stereocenters. The number of aliphatic hydroxyl groups is 2. The van der Waals surface area contributed by atoms with Crippen molar-refractivity contribution in [2.24, 2.45) is 0 Å². The van der Waals surface area contributed by atoms with Gasteiger partial charge in [-0.1, -0.05) is 0 Å². The van der Waals surface area contributed by atoms with E-state index in [2.05, 4.69) is 4.52 Å². The number of ether oxygens (including phenoxy) is 1. The first kappa shape index (κ1) is 23.7. The molecule has 4 atom stereocenters. The minimum Gasteiger partial charge on any atom is -0.387 e. The van der Waals surface area contributed by atoms with Gasteiger partial charge < -0.3 is 24.7 Å². The molecule has 2 heterocycles. The molecule has 0 aliphatic carbocycles. The number of aliphatic hydroxyl groups excluding tert-OH is 2. The van der Waals surface area contributed by atoms with Crippen molar-refractivity contribution in [3.8, 4) is 0 Å². The molecule has 1 fully saturated rings. The monoisotopic (exact) mass is 370 g/mol. The molecule has 5 N–H and O–H groups in total. The molecule has 11 nitrogen and oxygen atoms in total. The Kier molecular flexibility index (Phi) is 9.66. The van der Waals surface area contributed by atoms with E-state index in [1.165, 1.54) is 0 Å². The zero-order valence-electron chi connectivity index (χ0n) is 12.4. The molecule has 0 spiro atoms. The summed E-state index contributed by atoms with van der Waals surface area (Å²) in [4.78, 5) is 41.6. The van der Waals surface area contributed by atoms with Crippen molar-refractivity contribution in [2.45, 2.75) is 24.5 Å². The Balaban J connectivity index is 0.00000242. The predicted octanol–water partition coefficient (Wildman–Crippen LogP) is -3.50. The molecule has 120 valence electrons. The smallest absolute Gasteiger partial charge is 0.387 e. The van der Waals surface area contributed by atoms with E-state index >= 15 is 0 Å². The van der Waals surface area contributed by atoms with Crippen molar-refractivity contribution < 1.29 is 33.8 Å². The molecule has 0 saturated carbocycles. The summed E-state index contributed by atoms with van der Waals surface area (Å²) in [6.45, 7) is -0.683. The quantitative estimate of drug-likeness (QED) is 0.266. The molecule has 23 heavy (non-hydrogen) atoms. The van der Waals surface area contributed by atoms with Crippen LogP contribution in [-0.4, -0.2) is 114 Å². The molecule has 1 aromatic rings. The number of nitrogens with one attached hydrogen (secondary N) is 1. The summed E-state index contributed by atoms with van der Waals surface area (Å²) >= 11 is 0. The van der Waals surface area contributed by atoms with Crippen molar-refractivity contribution in [1.82, 2.24) is 9.55 Å². The molecule has 2 rings (SSSR count). The summed E-state index contributed by atoms with van der Waals surface area (Å²) in [7, 11) is -4.76. The molecule has 0 aromatic carbocycles. The minimum atomic E-state index is -4.76. The van der Waals surface area contributed by atoms with Crippen LogP contribution in [0.5, 0.6) is 0 Å². The molecule has 1 saturated heterocycles. The molecule has 0 amide bonds. The Labute approximate surface area is 173 Å². The summed E-state index contributed by atoms with van der Waals surface area (Å²) in [5, 5.41) is 19.6. The van der Waals surface area contributed by atoms with Crippen molar-refractivity contribution >= 4 is 66.9 Å². The average molecular weight is 370 g/mol. The Hall–Kier alpha value is 0.670.